The van der Waals surface area contributed by atoms with Gasteiger partial charge in [-0.2, -0.15) is 0 Å². The van der Waals surface area contributed by atoms with Gasteiger partial charge in [-0.15, -0.1) is 0 Å². The van der Waals surface area contributed by atoms with Crippen molar-refractivity contribution in [2.75, 3.05) is 0 Å². The van der Waals surface area contributed by atoms with Crippen molar-refractivity contribution in [3.63, 3.8) is 0 Å². The highest BCUT2D eigenvalue weighted by Crippen LogP contribution is 2.54. The Balaban J connectivity index is 1.80. The molecule has 6 rings (SSSR count). The third-order valence-electron chi connectivity index (χ3n) is 6.19. The van der Waals surface area contributed by atoms with Crippen molar-refractivity contribution in [2.45, 2.75) is 5.41 Å². The summed E-state index contributed by atoms with van der Waals surface area (Å²) in [7, 11) is 0. The molecule has 0 aromatic heterocycles. The lowest BCUT2D eigenvalue weighted by Crippen LogP contribution is -2.34. The summed E-state index contributed by atoms with van der Waals surface area (Å²) in [6.07, 6.45) is 7.01. The van der Waals surface area contributed by atoms with Crippen molar-refractivity contribution >= 4 is 12.2 Å². The fourth-order valence-corrected chi connectivity index (χ4v) is 5.01. The maximum atomic E-state index is 2.48. The van der Waals surface area contributed by atoms with Crippen molar-refractivity contribution < 1.29 is 0 Å². The Morgan fingerprint density at radius 2 is 0.964 bits per heavy atom. The van der Waals surface area contributed by atoms with E-state index in [1.807, 2.05) is 0 Å². The first-order valence-corrected chi connectivity index (χ1v) is 9.80. The van der Waals surface area contributed by atoms with E-state index in [-0.39, 0.29) is 5.41 Å². The largest absolute Gasteiger partial charge is 0.139 e. The van der Waals surface area contributed by atoms with E-state index in [0.29, 0.717) is 0 Å². The molecule has 28 heavy (non-hydrogen) atoms. The van der Waals surface area contributed by atoms with E-state index in [4.69, 9.17) is 0 Å². The van der Waals surface area contributed by atoms with Crippen LogP contribution in [0.5, 0.6) is 0 Å². The van der Waals surface area contributed by atoms with Gasteiger partial charge in [0, 0.05) is 29.7 Å². The zero-order valence-electron chi connectivity index (χ0n) is 15.5. The zero-order chi connectivity index (χ0) is 18.6. The summed E-state index contributed by atoms with van der Waals surface area (Å²) in [6.45, 7) is 0. The van der Waals surface area contributed by atoms with E-state index < -0.39 is 0 Å². The maximum absolute atomic E-state index is 2.48. The van der Waals surface area contributed by atoms with Gasteiger partial charge in [0.15, 0.2) is 0 Å². The Hall–Kier alpha value is -3.51. The fourth-order valence-electron chi connectivity index (χ4n) is 5.01. The van der Waals surface area contributed by atoms with Crippen molar-refractivity contribution in [1.29, 1.82) is 0 Å². The highest BCUT2D eigenvalue weighted by Gasteiger charge is 2.48. The predicted octanol–water partition coefficient (Wildman–Crippen LogP) is 6.74. The minimum absolute atomic E-state index is 0.304. The van der Waals surface area contributed by atoms with E-state index >= 15 is 0 Å². The first kappa shape index (κ1) is 15.5. The number of rotatable bonds is 0. The van der Waals surface area contributed by atoms with Crippen LogP contribution in [0.25, 0.3) is 23.3 Å². The van der Waals surface area contributed by atoms with Gasteiger partial charge < -0.3 is 0 Å². The van der Waals surface area contributed by atoms with Crippen LogP contribution in [0.3, 0.4) is 0 Å². The minimum atomic E-state index is -0.304. The Bertz CT molecular complexity index is 1190. The third kappa shape index (κ3) is 1.98. The van der Waals surface area contributed by atoms with Gasteiger partial charge in [-0.05, 0) is 40.5 Å². The second kappa shape index (κ2) is 5.74. The number of hydrogen-bond acceptors (Lipinski definition) is 0. The fraction of sp³-hybridized carbons (Fsp3) is 0.0357. The average molecular weight is 355 g/mol. The molecule has 0 heteroatoms. The molecule has 0 saturated carbocycles. The molecule has 130 valence electrons. The van der Waals surface area contributed by atoms with Crippen LogP contribution in [0, 0.1) is 6.42 Å². The number of hydrogen-bond donors (Lipinski definition) is 0. The summed E-state index contributed by atoms with van der Waals surface area (Å²) in [5, 5.41) is 0. The summed E-state index contributed by atoms with van der Waals surface area (Å²) < 4.78 is 0. The molecular weight excluding hydrogens is 336 g/mol. The van der Waals surface area contributed by atoms with Gasteiger partial charge >= 0.3 is 0 Å². The van der Waals surface area contributed by atoms with Crippen LogP contribution < -0.4 is 0 Å². The van der Waals surface area contributed by atoms with Crippen LogP contribution in [-0.4, -0.2) is 0 Å². The molecule has 0 amide bonds. The summed E-state index contributed by atoms with van der Waals surface area (Å²) in [5.74, 6) is 0. The summed E-state index contributed by atoms with van der Waals surface area (Å²) in [5.41, 5.74) is 10.2. The normalized spacial score (nSPS) is 14.9. The van der Waals surface area contributed by atoms with Gasteiger partial charge in [-0.25, -0.2) is 0 Å². The smallest absolute Gasteiger partial charge is 0.0618 e. The number of benzene rings is 4. The second-order valence-corrected chi connectivity index (χ2v) is 7.59. The van der Waals surface area contributed by atoms with E-state index in [2.05, 4.69) is 116 Å². The topological polar surface area (TPSA) is 0 Å². The van der Waals surface area contributed by atoms with E-state index in [1.54, 1.807) is 0 Å². The van der Waals surface area contributed by atoms with Crippen molar-refractivity contribution in [3.05, 3.63) is 137 Å². The SMILES string of the molecule is C1=Cc2ccccc2C2([CH+]c3ccccc3-c3ccccc32)c2ccccc21. The van der Waals surface area contributed by atoms with Gasteiger partial charge in [0.25, 0.3) is 0 Å². The number of fused-ring (bicyclic) bond motifs is 8. The molecule has 0 saturated heterocycles. The molecule has 0 radical (unpaired) electrons. The van der Waals surface area contributed by atoms with Crippen LogP contribution >= 0.6 is 0 Å². The summed E-state index contributed by atoms with van der Waals surface area (Å²) >= 11 is 0. The second-order valence-electron chi connectivity index (χ2n) is 7.59. The molecule has 0 heterocycles. The van der Waals surface area contributed by atoms with Crippen LogP contribution in [-0.2, 0) is 5.41 Å². The molecule has 2 aliphatic rings. The van der Waals surface area contributed by atoms with Crippen LogP contribution in [0.1, 0.15) is 33.4 Å². The highest BCUT2D eigenvalue weighted by atomic mass is 14.5. The predicted molar refractivity (Wildman–Crippen MR) is 117 cm³/mol. The molecular formula is C28H19+. The molecule has 0 unspecified atom stereocenters. The van der Waals surface area contributed by atoms with Gasteiger partial charge in [-0.1, -0.05) is 78.9 Å². The van der Waals surface area contributed by atoms with Gasteiger partial charge in [0.2, 0.25) is 0 Å². The molecule has 0 N–H and O–H groups in total. The summed E-state index contributed by atoms with van der Waals surface area (Å²) in [4.78, 5) is 0. The van der Waals surface area contributed by atoms with Crippen LogP contribution in [0.2, 0.25) is 0 Å². The Morgan fingerprint density at radius 3 is 1.64 bits per heavy atom. The van der Waals surface area contributed by atoms with Gasteiger partial charge in [0.1, 0.15) is 11.0 Å². The molecule has 0 fully saturated rings. The Labute approximate surface area is 165 Å². The van der Waals surface area contributed by atoms with Crippen molar-refractivity contribution in [1.82, 2.24) is 0 Å². The standard InChI is InChI=1S/C28H19/c1-4-12-23-22(11-1)19-28(27-16-8-5-13-24(23)27)25-14-6-2-9-20(25)17-18-21-10-3-7-15-26(21)28/h1-19H/q+1. The van der Waals surface area contributed by atoms with E-state index in [1.165, 1.54) is 44.5 Å². The maximum Gasteiger partial charge on any atom is 0.139 e. The first-order chi connectivity index (χ1) is 13.9. The molecule has 4 aromatic carbocycles. The minimum Gasteiger partial charge on any atom is -0.0618 e. The van der Waals surface area contributed by atoms with E-state index in [9.17, 15) is 0 Å². The lowest BCUT2D eigenvalue weighted by molar-refractivity contribution is 0.722. The molecule has 1 spiro atoms. The lowest BCUT2D eigenvalue weighted by atomic mass is 9.60. The van der Waals surface area contributed by atoms with Crippen molar-refractivity contribution in [3.8, 4) is 11.1 Å². The zero-order valence-corrected chi connectivity index (χ0v) is 15.5. The summed E-state index contributed by atoms with van der Waals surface area (Å²) in [6, 6.07) is 35.3. The average Bonchev–Trinajstić information content (AvgIpc) is 2.90. The van der Waals surface area contributed by atoms with E-state index in [0.717, 1.165) is 0 Å². The monoisotopic (exact) mass is 355 g/mol. The molecule has 0 atom stereocenters. The van der Waals surface area contributed by atoms with Crippen LogP contribution in [0.4, 0.5) is 0 Å². The lowest BCUT2D eigenvalue weighted by Gasteiger charge is -2.37. The molecule has 0 nitrogen and oxygen atoms in total. The first-order valence-electron chi connectivity index (χ1n) is 9.80. The highest BCUT2D eigenvalue weighted by molar-refractivity contribution is 5.87. The quantitative estimate of drug-likeness (QED) is 0.306. The van der Waals surface area contributed by atoms with Gasteiger partial charge in [-0.3, -0.25) is 0 Å². The molecule has 4 aromatic rings. The Kier molecular flexibility index (Phi) is 3.19. The molecule has 2 aliphatic carbocycles. The third-order valence-corrected chi connectivity index (χ3v) is 6.19. The Morgan fingerprint density at radius 1 is 0.464 bits per heavy atom. The molecule has 0 aliphatic heterocycles. The van der Waals surface area contributed by atoms with Gasteiger partial charge in [0.05, 0.1) is 5.56 Å². The van der Waals surface area contributed by atoms with Crippen molar-refractivity contribution in [2.24, 2.45) is 0 Å². The van der Waals surface area contributed by atoms with Crippen LogP contribution in [0.15, 0.2) is 97.1 Å². The molecule has 0 bridgehead atoms.